The molecule has 0 unspecified atom stereocenters. The molecule has 0 aliphatic heterocycles. The lowest BCUT2D eigenvalue weighted by Gasteiger charge is -2.13. The molecule has 0 saturated heterocycles. The van der Waals surface area contributed by atoms with E-state index in [1.807, 2.05) is 11.3 Å². The first-order chi connectivity index (χ1) is 23.1. The minimum atomic E-state index is 0.925. The predicted molar refractivity (Wildman–Crippen MR) is 201 cm³/mol. The molecule has 0 fully saturated rings. The molecule has 9 aromatic rings. The van der Waals surface area contributed by atoms with Crippen LogP contribution in [-0.4, -0.2) is 9.97 Å². The molecule has 0 amide bonds. The van der Waals surface area contributed by atoms with Crippen LogP contribution in [0.1, 0.15) is 11.1 Å². The van der Waals surface area contributed by atoms with Crippen molar-refractivity contribution >= 4 is 53.1 Å². The van der Waals surface area contributed by atoms with E-state index in [9.17, 15) is 0 Å². The fourth-order valence-electron chi connectivity index (χ4n) is 6.86. The topological polar surface area (TPSA) is 25.8 Å². The van der Waals surface area contributed by atoms with Gasteiger partial charge < -0.3 is 0 Å². The highest BCUT2D eigenvalue weighted by atomic mass is 32.1. The number of fused-ring (bicyclic) bond motifs is 6. The van der Waals surface area contributed by atoms with Crippen molar-refractivity contribution in [1.82, 2.24) is 9.97 Å². The van der Waals surface area contributed by atoms with Crippen LogP contribution in [0.15, 0.2) is 146 Å². The van der Waals surface area contributed by atoms with Gasteiger partial charge in [0.2, 0.25) is 0 Å². The minimum absolute atomic E-state index is 0.925. The van der Waals surface area contributed by atoms with E-state index in [-0.39, 0.29) is 0 Å². The molecule has 0 aliphatic rings. The lowest BCUT2D eigenvalue weighted by molar-refractivity contribution is 1.19. The zero-order chi connectivity index (χ0) is 31.5. The third kappa shape index (κ3) is 4.70. The minimum Gasteiger partial charge on any atom is -0.246 e. The Morgan fingerprint density at radius 1 is 0.404 bits per heavy atom. The quantitative estimate of drug-likeness (QED) is 0.183. The van der Waals surface area contributed by atoms with Crippen molar-refractivity contribution in [3.63, 3.8) is 0 Å². The fourth-order valence-corrected chi connectivity index (χ4v) is 7.94. The zero-order valence-electron chi connectivity index (χ0n) is 26.2. The summed E-state index contributed by atoms with van der Waals surface area (Å²) in [6.07, 6.45) is 0. The average molecular weight is 619 g/mol. The van der Waals surface area contributed by atoms with E-state index in [0.29, 0.717) is 0 Å². The molecule has 3 heteroatoms. The van der Waals surface area contributed by atoms with E-state index in [0.717, 1.165) is 45.0 Å². The van der Waals surface area contributed by atoms with Gasteiger partial charge in [0.15, 0.2) is 0 Å². The summed E-state index contributed by atoms with van der Waals surface area (Å²) in [5.74, 6) is 0. The molecule has 0 saturated carbocycles. The number of nitrogens with zero attached hydrogens (tertiary/aromatic N) is 2. The Balaban J connectivity index is 1.10. The Morgan fingerprint density at radius 3 is 1.70 bits per heavy atom. The van der Waals surface area contributed by atoms with E-state index in [4.69, 9.17) is 9.97 Å². The molecule has 0 radical (unpaired) electrons. The lowest BCUT2D eigenvalue weighted by Crippen LogP contribution is -1.98. The summed E-state index contributed by atoms with van der Waals surface area (Å²) in [5, 5.41) is 7.66. The van der Waals surface area contributed by atoms with E-state index in [2.05, 4.69) is 159 Å². The summed E-state index contributed by atoms with van der Waals surface area (Å²) in [7, 11) is 0. The molecule has 3 aromatic heterocycles. The lowest BCUT2D eigenvalue weighted by atomic mass is 9.93. The van der Waals surface area contributed by atoms with Crippen LogP contribution >= 0.6 is 11.3 Å². The first-order valence-electron chi connectivity index (χ1n) is 16.0. The molecule has 3 heterocycles. The molecule has 9 rings (SSSR count). The predicted octanol–water partition coefficient (Wildman–Crippen LogP) is 12.4. The van der Waals surface area contributed by atoms with Crippen LogP contribution in [0.5, 0.6) is 0 Å². The van der Waals surface area contributed by atoms with Crippen LogP contribution in [0.2, 0.25) is 0 Å². The summed E-state index contributed by atoms with van der Waals surface area (Å²) < 4.78 is 2.61. The van der Waals surface area contributed by atoms with Crippen LogP contribution in [-0.2, 0) is 0 Å². The van der Waals surface area contributed by atoms with Crippen molar-refractivity contribution in [2.45, 2.75) is 13.8 Å². The van der Waals surface area contributed by atoms with Gasteiger partial charge in [0.25, 0.3) is 0 Å². The first kappa shape index (κ1) is 27.7. The molecule has 222 valence electrons. The number of hydrogen-bond acceptors (Lipinski definition) is 3. The van der Waals surface area contributed by atoms with Crippen LogP contribution in [0, 0.1) is 13.8 Å². The summed E-state index contributed by atoms with van der Waals surface area (Å²) in [5.41, 5.74) is 10.6. The van der Waals surface area contributed by atoms with E-state index >= 15 is 0 Å². The highest BCUT2D eigenvalue weighted by Crippen LogP contribution is 2.38. The fraction of sp³-hybridized carbons (Fsp3) is 0.0455. The van der Waals surface area contributed by atoms with Crippen molar-refractivity contribution in [2.24, 2.45) is 0 Å². The molecule has 6 aromatic carbocycles. The first-order valence-corrected chi connectivity index (χ1v) is 16.8. The summed E-state index contributed by atoms with van der Waals surface area (Å²) >= 11 is 1.84. The highest BCUT2D eigenvalue weighted by molar-refractivity contribution is 7.25. The van der Waals surface area contributed by atoms with Crippen molar-refractivity contribution in [3.8, 4) is 45.0 Å². The number of pyridine rings is 2. The molecular formula is C44H30N2S. The van der Waals surface area contributed by atoms with Crippen LogP contribution in [0.3, 0.4) is 0 Å². The molecule has 0 aliphatic carbocycles. The molecule has 0 N–H and O–H groups in total. The van der Waals surface area contributed by atoms with Gasteiger partial charge in [0, 0.05) is 31.3 Å². The maximum atomic E-state index is 5.23. The molecular weight excluding hydrogens is 589 g/mol. The van der Waals surface area contributed by atoms with E-state index in [1.165, 1.54) is 52.8 Å². The monoisotopic (exact) mass is 618 g/mol. The summed E-state index contributed by atoms with van der Waals surface area (Å²) in [4.78, 5) is 10.5. The smallest absolute Gasteiger partial charge is 0.0925 e. The van der Waals surface area contributed by atoms with Crippen LogP contribution < -0.4 is 0 Å². The van der Waals surface area contributed by atoms with E-state index < -0.39 is 0 Å². The van der Waals surface area contributed by atoms with Gasteiger partial charge in [0.05, 0.1) is 22.8 Å². The van der Waals surface area contributed by atoms with Gasteiger partial charge in [-0.15, -0.1) is 11.3 Å². The Morgan fingerprint density at radius 2 is 0.957 bits per heavy atom. The SMILES string of the molecule is Cc1ccc(-c2ccc(-c3cc4ccccc4c4ccccc34)cc2)nc1-c1nc(-c2ccc3sc4ccccc4c3c2)ccc1C. The second-order valence-corrected chi connectivity index (χ2v) is 13.4. The second kappa shape index (κ2) is 11.0. The Hall–Kier alpha value is -5.64. The third-order valence-electron chi connectivity index (χ3n) is 9.35. The van der Waals surface area contributed by atoms with Crippen LogP contribution in [0.25, 0.3) is 86.7 Å². The Bertz CT molecular complexity index is 2650. The summed E-state index contributed by atoms with van der Waals surface area (Å²) in [6, 6.07) is 52.4. The number of benzene rings is 6. The molecule has 0 atom stereocenters. The number of aryl methyl sites for hydroxylation is 2. The molecule has 2 nitrogen and oxygen atoms in total. The molecule has 0 bridgehead atoms. The van der Waals surface area contributed by atoms with Crippen molar-refractivity contribution in [3.05, 3.63) is 157 Å². The van der Waals surface area contributed by atoms with Crippen molar-refractivity contribution < 1.29 is 0 Å². The zero-order valence-corrected chi connectivity index (χ0v) is 27.0. The number of aromatic nitrogens is 2. The summed E-state index contributed by atoms with van der Waals surface area (Å²) in [6.45, 7) is 4.25. The standard InChI is InChI=1S/C44H30N2S/c1-27-15-22-39(30-19-17-29(18-20-30)37-25-31-9-3-4-10-33(31)34-11-5-6-12-35(34)37)45-43(27)44-28(2)16-23-40(46-44)32-21-24-42-38(26-32)36-13-7-8-14-41(36)47-42/h3-26H,1-2H3. The molecule has 47 heavy (non-hydrogen) atoms. The average Bonchev–Trinajstić information content (AvgIpc) is 3.50. The van der Waals surface area contributed by atoms with Gasteiger partial charge in [0.1, 0.15) is 0 Å². The number of rotatable bonds is 4. The van der Waals surface area contributed by atoms with Gasteiger partial charge in [-0.2, -0.15) is 0 Å². The van der Waals surface area contributed by atoms with Crippen molar-refractivity contribution in [2.75, 3.05) is 0 Å². The number of thiophene rings is 1. The largest absolute Gasteiger partial charge is 0.246 e. The Kier molecular flexibility index (Phi) is 6.48. The highest BCUT2D eigenvalue weighted by Gasteiger charge is 2.15. The van der Waals surface area contributed by atoms with Crippen LogP contribution in [0.4, 0.5) is 0 Å². The van der Waals surface area contributed by atoms with Gasteiger partial charge in [-0.3, -0.25) is 0 Å². The van der Waals surface area contributed by atoms with Gasteiger partial charge in [-0.25, -0.2) is 9.97 Å². The van der Waals surface area contributed by atoms with Crippen molar-refractivity contribution in [1.29, 1.82) is 0 Å². The second-order valence-electron chi connectivity index (χ2n) is 12.3. The number of hydrogen-bond donors (Lipinski definition) is 0. The maximum Gasteiger partial charge on any atom is 0.0925 e. The van der Waals surface area contributed by atoms with E-state index in [1.54, 1.807) is 0 Å². The van der Waals surface area contributed by atoms with Gasteiger partial charge in [-0.05, 0) is 94.0 Å². The third-order valence-corrected chi connectivity index (χ3v) is 10.5. The Labute approximate surface area is 277 Å². The maximum absolute atomic E-state index is 5.23. The van der Waals surface area contributed by atoms with Gasteiger partial charge in [-0.1, -0.05) is 109 Å². The molecule has 0 spiro atoms. The van der Waals surface area contributed by atoms with Gasteiger partial charge >= 0.3 is 0 Å². The normalized spacial score (nSPS) is 11.6.